The second-order valence-corrected chi connectivity index (χ2v) is 7.46. The minimum absolute atomic E-state index is 0.535. The second-order valence-electron chi connectivity index (χ2n) is 6.38. The molecule has 0 amide bonds. The number of fused-ring (bicyclic) bond motifs is 3. The van der Waals surface area contributed by atoms with Crippen LogP contribution < -0.4 is 4.74 Å². The number of hydrogen-bond donors (Lipinski definition) is 0. The Morgan fingerprint density at radius 1 is 1.12 bits per heavy atom. The van der Waals surface area contributed by atoms with E-state index in [1.807, 2.05) is 31.2 Å². The summed E-state index contributed by atoms with van der Waals surface area (Å²) >= 11 is 1.76. The highest BCUT2D eigenvalue weighted by Crippen LogP contribution is 2.41. The molecule has 0 saturated heterocycles. The van der Waals surface area contributed by atoms with Gasteiger partial charge in [0.2, 0.25) is 17.6 Å². The third kappa shape index (κ3) is 2.55. The molecular formula is C19H16N4O2S. The molecule has 130 valence electrons. The van der Waals surface area contributed by atoms with Crippen LogP contribution in [0.4, 0.5) is 0 Å². The van der Waals surface area contributed by atoms with Crippen LogP contribution in [-0.4, -0.2) is 20.1 Å². The lowest BCUT2D eigenvalue weighted by molar-refractivity contribution is 0.394. The van der Waals surface area contributed by atoms with Crippen LogP contribution in [0, 0.1) is 13.8 Å². The summed E-state index contributed by atoms with van der Waals surface area (Å²) in [5.41, 5.74) is 2.20. The van der Waals surface area contributed by atoms with Crippen molar-refractivity contribution in [3.05, 3.63) is 46.4 Å². The van der Waals surface area contributed by atoms with Gasteiger partial charge in [-0.05, 0) is 43.9 Å². The molecule has 1 aliphatic rings. The number of rotatable bonds is 3. The lowest BCUT2D eigenvalue weighted by atomic mass is 10.2. The lowest BCUT2D eigenvalue weighted by Gasteiger charge is -2.08. The topological polar surface area (TPSA) is 73.9 Å². The van der Waals surface area contributed by atoms with E-state index < -0.39 is 0 Å². The van der Waals surface area contributed by atoms with Crippen LogP contribution in [0.1, 0.15) is 28.6 Å². The van der Waals surface area contributed by atoms with E-state index in [1.165, 1.54) is 16.9 Å². The number of benzene rings is 1. The fraction of sp³-hybridized carbons (Fsp3) is 0.263. The predicted molar refractivity (Wildman–Crippen MR) is 98.7 cm³/mol. The van der Waals surface area contributed by atoms with E-state index in [9.17, 15) is 0 Å². The van der Waals surface area contributed by atoms with Crippen molar-refractivity contribution in [1.29, 1.82) is 0 Å². The minimum atomic E-state index is 0.535. The molecule has 0 radical (unpaired) electrons. The molecule has 0 aliphatic heterocycles. The first-order valence-corrected chi connectivity index (χ1v) is 9.36. The summed E-state index contributed by atoms with van der Waals surface area (Å²) in [4.78, 5) is 15.9. The van der Waals surface area contributed by atoms with Crippen LogP contribution in [0.3, 0.4) is 0 Å². The van der Waals surface area contributed by atoms with E-state index >= 15 is 0 Å². The maximum absolute atomic E-state index is 6.19. The van der Waals surface area contributed by atoms with Crippen molar-refractivity contribution >= 4 is 21.6 Å². The second kappa shape index (κ2) is 5.88. The summed E-state index contributed by atoms with van der Waals surface area (Å²) in [6.45, 7) is 3.67. The van der Waals surface area contributed by atoms with Gasteiger partial charge in [-0.2, -0.15) is 9.97 Å². The molecule has 0 N–H and O–H groups in total. The van der Waals surface area contributed by atoms with E-state index in [0.717, 1.165) is 34.4 Å². The molecule has 5 rings (SSSR count). The Kier molecular flexibility index (Phi) is 3.49. The van der Waals surface area contributed by atoms with E-state index in [0.29, 0.717) is 23.3 Å². The van der Waals surface area contributed by atoms with Gasteiger partial charge in [0, 0.05) is 17.4 Å². The smallest absolute Gasteiger partial charge is 0.231 e. The molecule has 4 aromatic rings. The number of hydrogen-bond acceptors (Lipinski definition) is 7. The zero-order valence-corrected chi connectivity index (χ0v) is 15.3. The van der Waals surface area contributed by atoms with Gasteiger partial charge in [0.25, 0.3) is 0 Å². The molecule has 0 unspecified atom stereocenters. The Morgan fingerprint density at radius 2 is 2.04 bits per heavy atom. The van der Waals surface area contributed by atoms with Crippen molar-refractivity contribution in [2.45, 2.75) is 33.1 Å². The molecule has 0 saturated carbocycles. The zero-order chi connectivity index (χ0) is 17.7. The van der Waals surface area contributed by atoms with Crippen LogP contribution >= 0.6 is 11.3 Å². The van der Waals surface area contributed by atoms with Crippen molar-refractivity contribution in [2.24, 2.45) is 0 Å². The molecule has 0 bridgehead atoms. The van der Waals surface area contributed by atoms with Crippen molar-refractivity contribution in [1.82, 2.24) is 20.1 Å². The predicted octanol–water partition coefficient (Wildman–Crippen LogP) is 4.64. The van der Waals surface area contributed by atoms with E-state index in [1.54, 1.807) is 18.3 Å². The molecule has 1 aromatic carbocycles. The number of aromatic nitrogens is 4. The lowest BCUT2D eigenvalue weighted by Crippen LogP contribution is -1.95. The van der Waals surface area contributed by atoms with Gasteiger partial charge in [0.1, 0.15) is 16.4 Å². The van der Waals surface area contributed by atoms with E-state index in [4.69, 9.17) is 9.26 Å². The van der Waals surface area contributed by atoms with Crippen LogP contribution in [0.5, 0.6) is 11.6 Å². The molecular weight excluding hydrogens is 348 g/mol. The maximum Gasteiger partial charge on any atom is 0.231 e. The first-order valence-electron chi connectivity index (χ1n) is 8.55. The summed E-state index contributed by atoms with van der Waals surface area (Å²) < 4.78 is 11.3. The zero-order valence-electron chi connectivity index (χ0n) is 14.4. The van der Waals surface area contributed by atoms with Gasteiger partial charge in [-0.1, -0.05) is 17.3 Å². The Labute approximate surface area is 153 Å². The van der Waals surface area contributed by atoms with Gasteiger partial charge in [-0.15, -0.1) is 11.3 Å². The van der Waals surface area contributed by atoms with Gasteiger partial charge in [0.05, 0.1) is 5.39 Å². The Balaban J connectivity index is 1.58. The Hall–Kier alpha value is -2.80. The molecule has 26 heavy (non-hydrogen) atoms. The first-order chi connectivity index (χ1) is 12.7. The highest BCUT2D eigenvalue weighted by atomic mass is 32.1. The molecule has 0 spiro atoms. The Bertz CT molecular complexity index is 1130. The molecule has 3 heterocycles. The Morgan fingerprint density at radius 3 is 2.88 bits per heavy atom. The molecule has 0 fully saturated rings. The van der Waals surface area contributed by atoms with Crippen molar-refractivity contribution < 1.29 is 9.26 Å². The van der Waals surface area contributed by atoms with Gasteiger partial charge >= 0.3 is 0 Å². The third-order valence-corrected chi connectivity index (χ3v) is 5.66. The van der Waals surface area contributed by atoms with Gasteiger partial charge in [0.15, 0.2) is 0 Å². The highest BCUT2D eigenvalue weighted by Gasteiger charge is 2.23. The minimum Gasteiger partial charge on any atom is -0.438 e. The molecule has 7 heteroatoms. The monoisotopic (exact) mass is 364 g/mol. The quantitative estimate of drug-likeness (QED) is 0.527. The van der Waals surface area contributed by atoms with Crippen LogP contribution in [0.25, 0.3) is 21.6 Å². The summed E-state index contributed by atoms with van der Waals surface area (Å²) in [6.07, 6.45) is 3.39. The maximum atomic E-state index is 6.19. The van der Waals surface area contributed by atoms with Crippen LogP contribution in [0.15, 0.2) is 28.8 Å². The number of aryl methyl sites for hydroxylation is 4. The summed E-state index contributed by atoms with van der Waals surface area (Å²) in [5, 5.41) is 5.04. The highest BCUT2D eigenvalue weighted by molar-refractivity contribution is 7.19. The van der Waals surface area contributed by atoms with Crippen molar-refractivity contribution in [3.8, 4) is 23.0 Å². The van der Waals surface area contributed by atoms with E-state index in [-0.39, 0.29) is 0 Å². The van der Waals surface area contributed by atoms with Crippen molar-refractivity contribution in [3.63, 3.8) is 0 Å². The standard InChI is InChI=1S/C19H16N4O2S/c1-10-20-18(16-14-7-4-8-15(14)26-19(16)21-10)24-13-6-3-5-12(9-13)17-22-11(2)25-23-17/h3,5-6,9H,4,7-8H2,1-2H3. The fourth-order valence-corrected chi connectivity index (χ4v) is 4.66. The molecule has 6 nitrogen and oxygen atoms in total. The number of nitrogens with zero attached hydrogens (tertiary/aromatic N) is 4. The molecule has 1 aliphatic carbocycles. The van der Waals surface area contributed by atoms with Gasteiger partial charge < -0.3 is 9.26 Å². The van der Waals surface area contributed by atoms with Crippen LogP contribution in [-0.2, 0) is 12.8 Å². The molecule has 3 aromatic heterocycles. The van der Waals surface area contributed by atoms with E-state index in [2.05, 4.69) is 20.1 Å². The summed E-state index contributed by atoms with van der Waals surface area (Å²) in [5.74, 6) is 3.13. The summed E-state index contributed by atoms with van der Waals surface area (Å²) in [6, 6.07) is 7.66. The average molecular weight is 364 g/mol. The number of thiophene rings is 1. The molecule has 0 atom stereocenters. The SMILES string of the molecule is Cc1nc(Oc2cccc(-c3noc(C)n3)c2)c2c3c(sc2n1)CCC3. The third-order valence-electron chi connectivity index (χ3n) is 4.48. The average Bonchev–Trinajstić information content (AvgIpc) is 3.30. The largest absolute Gasteiger partial charge is 0.438 e. The fourth-order valence-electron chi connectivity index (χ4n) is 3.36. The first kappa shape index (κ1) is 15.5. The van der Waals surface area contributed by atoms with Gasteiger partial charge in [-0.3, -0.25) is 0 Å². The van der Waals surface area contributed by atoms with Crippen molar-refractivity contribution in [2.75, 3.05) is 0 Å². The van der Waals surface area contributed by atoms with Gasteiger partial charge in [-0.25, -0.2) is 4.98 Å². The normalized spacial score (nSPS) is 13.3. The summed E-state index contributed by atoms with van der Waals surface area (Å²) in [7, 11) is 0. The van der Waals surface area contributed by atoms with Crippen LogP contribution in [0.2, 0.25) is 0 Å². The number of ether oxygens (including phenoxy) is 1.